The van der Waals surface area contributed by atoms with Gasteiger partial charge in [0.1, 0.15) is 12.4 Å². The summed E-state index contributed by atoms with van der Waals surface area (Å²) in [6.45, 7) is 3.46. The van der Waals surface area contributed by atoms with Gasteiger partial charge < -0.3 is 4.74 Å². The molecular formula is C22H23N3O2S. The first-order valence-corrected chi connectivity index (χ1v) is 10.4. The van der Waals surface area contributed by atoms with Crippen LogP contribution in [0.25, 0.3) is 0 Å². The molecule has 2 heterocycles. The van der Waals surface area contributed by atoms with Crippen LogP contribution in [0.1, 0.15) is 34.5 Å². The van der Waals surface area contributed by atoms with Gasteiger partial charge in [0.05, 0.1) is 5.69 Å². The van der Waals surface area contributed by atoms with Crippen LogP contribution in [0.2, 0.25) is 0 Å². The first-order chi connectivity index (χ1) is 13.8. The molecule has 0 aliphatic carbocycles. The van der Waals surface area contributed by atoms with Crippen LogP contribution in [-0.4, -0.2) is 28.9 Å². The molecule has 0 radical (unpaired) electrons. The first-order valence-electron chi connectivity index (χ1n) is 9.52. The summed E-state index contributed by atoms with van der Waals surface area (Å²) in [6, 6.07) is 17.1. The molecule has 1 fully saturated rings. The lowest BCUT2D eigenvalue weighted by Gasteiger charge is -2.12. The van der Waals surface area contributed by atoms with E-state index in [1.807, 2.05) is 60.0 Å². The lowest BCUT2D eigenvalue weighted by atomic mass is 10.1. The molecule has 5 nitrogen and oxygen atoms in total. The fourth-order valence-electron chi connectivity index (χ4n) is 3.32. The Morgan fingerprint density at radius 2 is 1.82 bits per heavy atom. The molecule has 1 aromatic heterocycles. The Hall–Kier alpha value is -2.70. The number of hydrogen-bond donors (Lipinski definition) is 1. The van der Waals surface area contributed by atoms with E-state index in [0.717, 1.165) is 36.6 Å². The van der Waals surface area contributed by atoms with Gasteiger partial charge in [0.15, 0.2) is 5.13 Å². The quantitative estimate of drug-likeness (QED) is 0.639. The Kier molecular flexibility index (Phi) is 5.99. The molecule has 0 unspecified atom stereocenters. The summed E-state index contributed by atoms with van der Waals surface area (Å²) in [5, 5.41) is 5.60. The third-order valence-electron chi connectivity index (χ3n) is 4.76. The second kappa shape index (κ2) is 8.99. The van der Waals surface area contributed by atoms with E-state index in [1.54, 1.807) is 0 Å². The number of nitrogens with zero attached hydrogens (tertiary/aromatic N) is 2. The summed E-state index contributed by atoms with van der Waals surface area (Å²) in [5.74, 6) is 0.624. The van der Waals surface area contributed by atoms with E-state index >= 15 is 0 Å². The van der Waals surface area contributed by atoms with Gasteiger partial charge in [-0.05, 0) is 44.1 Å². The summed E-state index contributed by atoms with van der Waals surface area (Å²) in [4.78, 5) is 19.8. The Morgan fingerprint density at radius 1 is 1.07 bits per heavy atom. The van der Waals surface area contributed by atoms with E-state index < -0.39 is 0 Å². The predicted molar refractivity (Wildman–Crippen MR) is 112 cm³/mol. The van der Waals surface area contributed by atoms with Crippen molar-refractivity contribution in [1.82, 2.24) is 9.88 Å². The smallest absolute Gasteiger partial charge is 0.257 e. The predicted octanol–water partition coefficient (Wildman–Crippen LogP) is 4.57. The van der Waals surface area contributed by atoms with Crippen molar-refractivity contribution in [2.75, 3.05) is 18.4 Å². The van der Waals surface area contributed by atoms with Gasteiger partial charge in [-0.25, -0.2) is 4.98 Å². The fraction of sp³-hybridized carbons (Fsp3) is 0.273. The van der Waals surface area contributed by atoms with E-state index in [2.05, 4.69) is 15.2 Å². The summed E-state index contributed by atoms with van der Waals surface area (Å²) >= 11 is 1.47. The number of nitrogens with one attached hydrogen (secondary N) is 1. The van der Waals surface area contributed by atoms with Gasteiger partial charge in [-0.3, -0.25) is 15.0 Å². The molecular weight excluding hydrogens is 370 g/mol. The molecule has 0 saturated carbocycles. The van der Waals surface area contributed by atoms with Crippen LogP contribution in [0.15, 0.2) is 60.0 Å². The number of anilines is 1. The van der Waals surface area contributed by atoms with Crippen LogP contribution < -0.4 is 10.1 Å². The number of thiazole rings is 1. The monoisotopic (exact) mass is 393 g/mol. The average molecular weight is 394 g/mol. The number of ether oxygens (including phenoxy) is 1. The van der Waals surface area contributed by atoms with Crippen LogP contribution in [0.5, 0.6) is 5.75 Å². The number of para-hydroxylation sites is 1. The maximum absolute atomic E-state index is 12.8. The Morgan fingerprint density at radius 3 is 2.64 bits per heavy atom. The molecule has 28 heavy (non-hydrogen) atoms. The van der Waals surface area contributed by atoms with Crippen LogP contribution in [0.3, 0.4) is 0 Å². The van der Waals surface area contributed by atoms with Crippen LogP contribution in [0, 0.1) is 0 Å². The van der Waals surface area contributed by atoms with E-state index in [9.17, 15) is 4.79 Å². The van der Waals surface area contributed by atoms with Crippen molar-refractivity contribution in [3.63, 3.8) is 0 Å². The van der Waals surface area contributed by atoms with Gasteiger partial charge in [0.25, 0.3) is 5.91 Å². The summed E-state index contributed by atoms with van der Waals surface area (Å²) in [5.41, 5.74) is 2.47. The molecule has 1 aliphatic heterocycles. The Balaban J connectivity index is 1.40. The summed E-state index contributed by atoms with van der Waals surface area (Å²) in [6.07, 6.45) is 2.52. The highest BCUT2D eigenvalue weighted by Gasteiger charge is 2.16. The van der Waals surface area contributed by atoms with Crippen LogP contribution in [0.4, 0.5) is 5.13 Å². The van der Waals surface area contributed by atoms with Gasteiger partial charge in [-0.15, -0.1) is 11.3 Å². The Bertz CT molecular complexity index is 920. The third kappa shape index (κ3) is 4.77. The molecule has 0 bridgehead atoms. The van der Waals surface area contributed by atoms with Crippen molar-refractivity contribution < 1.29 is 9.53 Å². The number of carbonyl (C=O) groups excluding carboxylic acids is 1. The highest BCUT2D eigenvalue weighted by molar-refractivity contribution is 7.14. The van der Waals surface area contributed by atoms with E-state index in [1.165, 1.54) is 24.2 Å². The number of benzene rings is 2. The second-order valence-corrected chi connectivity index (χ2v) is 7.70. The molecule has 1 aliphatic rings. The number of likely N-dealkylation sites (tertiary alicyclic amines) is 1. The molecule has 2 aromatic carbocycles. The lowest BCUT2D eigenvalue weighted by molar-refractivity contribution is 0.102. The summed E-state index contributed by atoms with van der Waals surface area (Å²) < 4.78 is 5.81. The highest BCUT2D eigenvalue weighted by atomic mass is 32.1. The largest absolute Gasteiger partial charge is 0.489 e. The number of hydrogen-bond acceptors (Lipinski definition) is 5. The minimum absolute atomic E-state index is 0.158. The first kappa shape index (κ1) is 18.7. The fourth-order valence-corrected chi connectivity index (χ4v) is 4.01. The van der Waals surface area contributed by atoms with E-state index in [4.69, 9.17) is 4.74 Å². The van der Waals surface area contributed by atoms with Gasteiger partial charge in [-0.2, -0.15) is 0 Å². The van der Waals surface area contributed by atoms with Crippen molar-refractivity contribution in [3.05, 3.63) is 76.8 Å². The SMILES string of the molecule is O=C(Nc1nc(CN2CCCC2)cs1)c1ccccc1COc1ccccc1. The lowest BCUT2D eigenvalue weighted by Crippen LogP contribution is -2.19. The highest BCUT2D eigenvalue weighted by Crippen LogP contribution is 2.21. The van der Waals surface area contributed by atoms with Crippen molar-refractivity contribution in [1.29, 1.82) is 0 Å². The molecule has 3 aromatic rings. The minimum atomic E-state index is -0.158. The Labute approximate surface area is 169 Å². The standard InChI is InChI=1S/C22H23N3O2S/c26-21(24-22-23-18(16-28-22)14-25-12-6-7-13-25)20-11-5-4-8-17(20)15-27-19-9-2-1-3-10-19/h1-5,8-11,16H,6-7,12-15H2,(H,23,24,26). The van der Waals surface area contributed by atoms with Crippen LogP contribution >= 0.6 is 11.3 Å². The molecule has 0 spiro atoms. The van der Waals surface area contributed by atoms with Gasteiger partial charge >= 0.3 is 0 Å². The zero-order valence-corrected chi connectivity index (χ0v) is 16.5. The number of amides is 1. The topological polar surface area (TPSA) is 54.5 Å². The number of rotatable bonds is 7. The second-order valence-electron chi connectivity index (χ2n) is 6.84. The molecule has 1 saturated heterocycles. The van der Waals surface area contributed by atoms with Gasteiger partial charge in [0.2, 0.25) is 0 Å². The van der Waals surface area contributed by atoms with Crippen molar-refractivity contribution in [3.8, 4) is 5.75 Å². The van der Waals surface area contributed by atoms with Gasteiger partial charge in [0, 0.05) is 23.1 Å². The average Bonchev–Trinajstić information content (AvgIpc) is 3.40. The minimum Gasteiger partial charge on any atom is -0.489 e. The van der Waals surface area contributed by atoms with Crippen LogP contribution in [-0.2, 0) is 13.2 Å². The maximum Gasteiger partial charge on any atom is 0.257 e. The third-order valence-corrected chi connectivity index (χ3v) is 5.56. The van der Waals surface area contributed by atoms with Crippen molar-refractivity contribution in [2.24, 2.45) is 0 Å². The molecule has 0 atom stereocenters. The molecule has 1 amide bonds. The number of aromatic nitrogens is 1. The molecule has 6 heteroatoms. The molecule has 4 rings (SSSR count). The zero-order valence-electron chi connectivity index (χ0n) is 15.6. The number of carbonyl (C=O) groups is 1. The van der Waals surface area contributed by atoms with E-state index in [0.29, 0.717) is 17.3 Å². The van der Waals surface area contributed by atoms with Gasteiger partial charge in [-0.1, -0.05) is 36.4 Å². The van der Waals surface area contributed by atoms with E-state index in [-0.39, 0.29) is 5.91 Å². The summed E-state index contributed by atoms with van der Waals surface area (Å²) in [7, 11) is 0. The normalized spacial score (nSPS) is 14.1. The zero-order chi connectivity index (χ0) is 19.2. The van der Waals surface area contributed by atoms with Crippen molar-refractivity contribution in [2.45, 2.75) is 26.0 Å². The molecule has 1 N–H and O–H groups in total. The van der Waals surface area contributed by atoms with Crippen molar-refractivity contribution >= 4 is 22.4 Å². The maximum atomic E-state index is 12.8. The molecule has 144 valence electrons.